The highest BCUT2D eigenvalue weighted by Gasteiger charge is 2.23. The number of carbonyl (C=O) groups is 4. The first-order valence-corrected chi connectivity index (χ1v) is 10.1. The Morgan fingerprint density at radius 2 is 1.76 bits per heavy atom. The largest absolute Gasteiger partial charge is 0.480 e. The van der Waals surface area contributed by atoms with Gasteiger partial charge in [0.05, 0.1) is 6.04 Å². The number of Topliss-reactive ketones (excluding diaryl/α,β-unsaturated/α-hetero) is 2. The van der Waals surface area contributed by atoms with Crippen LogP contribution in [0.4, 0.5) is 4.79 Å². The summed E-state index contributed by atoms with van der Waals surface area (Å²) in [6, 6.07) is -2.65. The summed E-state index contributed by atoms with van der Waals surface area (Å²) in [5.41, 5.74) is 5.31. The van der Waals surface area contributed by atoms with E-state index in [9.17, 15) is 19.2 Å². The highest BCUT2D eigenvalue weighted by Crippen LogP contribution is 2.35. The van der Waals surface area contributed by atoms with Crippen molar-refractivity contribution in [2.75, 3.05) is 12.3 Å². The van der Waals surface area contributed by atoms with Gasteiger partial charge in [-0.3, -0.25) is 9.59 Å². The van der Waals surface area contributed by atoms with E-state index in [1.54, 1.807) is 10.8 Å². The molecule has 0 rings (SSSR count). The Balaban J connectivity index is 4.64. The van der Waals surface area contributed by atoms with Gasteiger partial charge in [0.15, 0.2) is 5.78 Å². The summed E-state index contributed by atoms with van der Waals surface area (Å²) in [5.74, 6) is -1.22. The molecule has 0 heterocycles. The maximum Gasteiger partial charge on any atom is 0.322 e. The van der Waals surface area contributed by atoms with Crippen molar-refractivity contribution in [1.82, 2.24) is 10.6 Å². The lowest BCUT2D eigenvalue weighted by Gasteiger charge is -2.21. The van der Waals surface area contributed by atoms with Crippen LogP contribution in [0.15, 0.2) is 0 Å². The van der Waals surface area contributed by atoms with E-state index in [1.165, 1.54) is 17.7 Å². The molecular formula is C15H27N3O5S2. The van der Waals surface area contributed by atoms with Gasteiger partial charge in [-0.25, -0.2) is 4.79 Å². The molecule has 2 atom stereocenters. The van der Waals surface area contributed by atoms with Crippen LogP contribution >= 0.6 is 21.6 Å². The number of carboxylic acids is 1. The van der Waals surface area contributed by atoms with Gasteiger partial charge in [0.2, 0.25) is 0 Å². The highest BCUT2D eigenvalue weighted by atomic mass is 33.1. The first-order valence-electron chi connectivity index (χ1n) is 7.78. The van der Waals surface area contributed by atoms with Crippen LogP contribution in [0.2, 0.25) is 0 Å². The number of carboxylic acid groups (broad SMARTS) is 1. The van der Waals surface area contributed by atoms with Gasteiger partial charge in [-0.1, -0.05) is 42.4 Å². The predicted octanol–water partition coefficient (Wildman–Crippen LogP) is 1.18. The third-order valence-electron chi connectivity index (χ3n) is 2.76. The molecule has 0 fully saturated rings. The zero-order valence-corrected chi connectivity index (χ0v) is 16.6. The summed E-state index contributed by atoms with van der Waals surface area (Å²) < 4.78 is -0.00579. The van der Waals surface area contributed by atoms with Gasteiger partial charge in [-0.2, -0.15) is 0 Å². The smallest absolute Gasteiger partial charge is 0.322 e. The first kappa shape index (κ1) is 23.7. The van der Waals surface area contributed by atoms with E-state index in [2.05, 4.69) is 10.6 Å². The van der Waals surface area contributed by atoms with Crippen LogP contribution in [-0.4, -0.2) is 57.8 Å². The number of ketones is 2. The summed E-state index contributed by atoms with van der Waals surface area (Å²) in [7, 11) is 3.03. The van der Waals surface area contributed by atoms with E-state index >= 15 is 0 Å². The topological polar surface area (TPSA) is 139 Å². The fourth-order valence-corrected chi connectivity index (χ4v) is 3.97. The number of carbonyl (C=O) groups excluding carboxylic acids is 3. The normalized spacial score (nSPS) is 13.6. The van der Waals surface area contributed by atoms with Crippen molar-refractivity contribution in [3.8, 4) is 0 Å². The molecule has 2 amide bonds. The number of urea groups is 1. The van der Waals surface area contributed by atoms with Crippen LogP contribution in [0.3, 0.4) is 0 Å². The lowest BCUT2D eigenvalue weighted by molar-refractivity contribution is -0.138. The van der Waals surface area contributed by atoms with Gasteiger partial charge in [-0.05, 0) is 6.92 Å². The van der Waals surface area contributed by atoms with Crippen molar-refractivity contribution >= 4 is 45.2 Å². The minimum atomic E-state index is -1.23. The molecule has 0 saturated heterocycles. The van der Waals surface area contributed by atoms with Gasteiger partial charge in [0.1, 0.15) is 11.8 Å². The fourth-order valence-electron chi connectivity index (χ4n) is 1.47. The molecule has 0 aliphatic carbocycles. The molecule has 0 spiro atoms. The second-order valence-electron chi connectivity index (χ2n) is 6.50. The van der Waals surface area contributed by atoms with Gasteiger partial charge < -0.3 is 26.3 Å². The summed E-state index contributed by atoms with van der Waals surface area (Å²) in [4.78, 5) is 45.8. The van der Waals surface area contributed by atoms with Crippen molar-refractivity contribution in [1.29, 1.82) is 0 Å². The van der Waals surface area contributed by atoms with E-state index in [4.69, 9.17) is 10.8 Å². The number of hydrogen-bond acceptors (Lipinski definition) is 7. The molecule has 0 unspecified atom stereocenters. The van der Waals surface area contributed by atoms with E-state index < -0.39 is 24.1 Å². The maximum absolute atomic E-state index is 12.2. The molecule has 5 N–H and O–H groups in total. The highest BCUT2D eigenvalue weighted by molar-refractivity contribution is 8.77. The molecule has 0 aromatic heterocycles. The molecular weight excluding hydrogens is 366 g/mol. The molecule has 144 valence electrons. The molecule has 0 aromatic carbocycles. The Morgan fingerprint density at radius 3 is 2.24 bits per heavy atom. The van der Waals surface area contributed by atoms with Crippen molar-refractivity contribution in [2.45, 2.75) is 57.4 Å². The van der Waals surface area contributed by atoms with Crippen LogP contribution in [0.25, 0.3) is 0 Å². The lowest BCUT2D eigenvalue weighted by atomic mass is 10.1. The Morgan fingerprint density at radius 1 is 1.16 bits per heavy atom. The number of aliphatic carboxylic acids is 1. The summed E-state index contributed by atoms with van der Waals surface area (Å²) >= 11 is 0. The summed E-state index contributed by atoms with van der Waals surface area (Å²) in [6.45, 7) is 7.25. The number of nitrogens with one attached hydrogen (secondary N) is 2. The number of amides is 2. The lowest BCUT2D eigenvalue weighted by Crippen LogP contribution is -2.51. The van der Waals surface area contributed by atoms with E-state index in [1.807, 2.05) is 20.8 Å². The second kappa shape index (κ2) is 11.4. The van der Waals surface area contributed by atoms with E-state index in [0.717, 1.165) is 0 Å². The molecule has 0 saturated carbocycles. The fraction of sp³-hybridized carbons (Fsp3) is 0.733. The first-order chi connectivity index (χ1) is 11.4. The minimum Gasteiger partial charge on any atom is -0.480 e. The number of hydrogen-bond donors (Lipinski definition) is 4. The van der Waals surface area contributed by atoms with Crippen LogP contribution < -0.4 is 16.4 Å². The Hall–Kier alpha value is -1.26. The number of rotatable bonds is 11. The molecule has 10 heteroatoms. The van der Waals surface area contributed by atoms with Gasteiger partial charge >= 0.3 is 12.0 Å². The zero-order chi connectivity index (χ0) is 19.6. The molecule has 0 aliphatic heterocycles. The molecule has 0 aromatic rings. The SMILES string of the molecule is CC(=O)CCC(=O)[C@H](CSSC(C)(C)C)NC(=O)NC[C@H](N)C(=O)O. The molecule has 0 radical (unpaired) electrons. The molecule has 0 aliphatic rings. The standard InChI is InChI=1S/C15H27N3O5S2/c1-9(19)5-6-12(20)11(8-24-25-15(2,3)4)18-14(23)17-7-10(16)13(21)22/h10-11H,5-8,16H2,1-4H3,(H,21,22)(H2,17,18,23)/t10-,11-/m0/s1. The minimum absolute atomic E-state index is 0.00579. The Kier molecular flexibility index (Phi) is 10.8. The van der Waals surface area contributed by atoms with Gasteiger partial charge in [0.25, 0.3) is 0 Å². The second-order valence-corrected chi connectivity index (χ2v) is 9.67. The van der Waals surface area contributed by atoms with Crippen LogP contribution in [-0.2, 0) is 14.4 Å². The molecule has 0 bridgehead atoms. The maximum atomic E-state index is 12.2. The third-order valence-corrected chi connectivity index (χ3v) is 6.11. The molecule has 8 nitrogen and oxygen atoms in total. The van der Waals surface area contributed by atoms with Crippen molar-refractivity contribution in [3.05, 3.63) is 0 Å². The quantitative estimate of drug-likeness (QED) is 0.384. The van der Waals surface area contributed by atoms with Crippen LogP contribution in [0.1, 0.15) is 40.5 Å². The van der Waals surface area contributed by atoms with Gasteiger partial charge in [0, 0.05) is 29.9 Å². The Labute approximate surface area is 155 Å². The third kappa shape index (κ3) is 12.7. The van der Waals surface area contributed by atoms with Gasteiger partial charge in [-0.15, -0.1) is 0 Å². The predicted molar refractivity (Wildman–Crippen MR) is 101 cm³/mol. The van der Waals surface area contributed by atoms with E-state index in [0.29, 0.717) is 5.75 Å². The molecule has 25 heavy (non-hydrogen) atoms. The average Bonchev–Trinajstić information content (AvgIpc) is 2.47. The zero-order valence-electron chi connectivity index (χ0n) is 15.0. The summed E-state index contributed by atoms with van der Waals surface area (Å²) in [5, 5.41) is 13.5. The average molecular weight is 394 g/mol. The van der Waals surface area contributed by atoms with E-state index in [-0.39, 0.29) is 35.7 Å². The summed E-state index contributed by atoms with van der Waals surface area (Å²) in [6.07, 6.45) is 0.176. The van der Waals surface area contributed by atoms with Crippen LogP contribution in [0.5, 0.6) is 0 Å². The monoisotopic (exact) mass is 393 g/mol. The Bertz CT molecular complexity index is 494. The van der Waals surface area contributed by atoms with Crippen LogP contribution in [0, 0.1) is 0 Å². The number of nitrogens with two attached hydrogens (primary N) is 1. The van der Waals surface area contributed by atoms with Crippen molar-refractivity contribution < 1.29 is 24.3 Å². The van der Waals surface area contributed by atoms with Crippen molar-refractivity contribution in [3.63, 3.8) is 0 Å². The van der Waals surface area contributed by atoms with Crippen molar-refractivity contribution in [2.24, 2.45) is 5.73 Å².